The van der Waals surface area contributed by atoms with Gasteiger partial charge in [0.15, 0.2) is 0 Å². The van der Waals surface area contributed by atoms with Gasteiger partial charge in [-0.2, -0.15) is 0 Å². The second-order valence-electron chi connectivity index (χ2n) is 4.13. The molecule has 21 heavy (non-hydrogen) atoms. The Hall–Kier alpha value is -2.09. The van der Waals surface area contributed by atoms with E-state index in [0.717, 1.165) is 11.3 Å². The number of nitrogens with one attached hydrogen (secondary N) is 1. The van der Waals surface area contributed by atoms with Crippen molar-refractivity contribution in [2.75, 3.05) is 25.0 Å². The predicted octanol–water partition coefficient (Wildman–Crippen LogP) is 2.25. The van der Waals surface area contributed by atoms with Crippen molar-refractivity contribution in [3.63, 3.8) is 0 Å². The molecule has 0 aliphatic rings. The van der Waals surface area contributed by atoms with Gasteiger partial charge in [0.1, 0.15) is 11.5 Å². The molecule has 0 aromatic carbocycles. The average Bonchev–Trinajstić information content (AvgIpc) is 2.86. The third-order valence-electron chi connectivity index (χ3n) is 2.52. The first-order chi connectivity index (χ1) is 9.99. The molecule has 0 saturated carbocycles. The van der Waals surface area contributed by atoms with E-state index < -0.39 is 18.0 Å². The van der Waals surface area contributed by atoms with Crippen molar-refractivity contribution in [3.8, 4) is 0 Å². The van der Waals surface area contributed by atoms with Gasteiger partial charge in [-0.15, -0.1) is 11.3 Å². The number of carbonyl (C=O) groups excluding carboxylic acids is 2. The van der Waals surface area contributed by atoms with Crippen LogP contribution in [0.1, 0.15) is 30.6 Å². The van der Waals surface area contributed by atoms with Crippen molar-refractivity contribution in [2.45, 2.75) is 20.3 Å². The number of rotatable bonds is 7. The zero-order valence-electron chi connectivity index (χ0n) is 11.9. The fourth-order valence-electron chi connectivity index (χ4n) is 1.64. The molecule has 0 spiro atoms. The van der Waals surface area contributed by atoms with Gasteiger partial charge in [-0.25, -0.2) is 9.59 Å². The summed E-state index contributed by atoms with van der Waals surface area (Å²) in [5, 5.41) is 13.3. The van der Waals surface area contributed by atoms with Crippen LogP contribution in [0, 0.1) is 0 Å². The summed E-state index contributed by atoms with van der Waals surface area (Å²) in [4.78, 5) is 35.9. The van der Waals surface area contributed by atoms with Gasteiger partial charge in [-0.05, 0) is 24.8 Å². The summed E-state index contributed by atoms with van der Waals surface area (Å²) in [5.41, 5.74) is 0.0286. The lowest BCUT2D eigenvalue weighted by Gasteiger charge is -2.21. The Morgan fingerprint density at radius 2 is 2.10 bits per heavy atom. The predicted molar refractivity (Wildman–Crippen MR) is 78.8 cm³/mol. The number of carbonyl (C=O) groups is 3. The minimum absolute atomic E-state index is 0.0286. The van der Waals surface area contributed by atoms with E-state index in [2.05, 4.69) is 5.32 Å². The van der Waals surface area contributed by atoms with Crippen LogP contribution < -0.4 is 5.32 Å². The number of urea groups is 1. The number of carboxylic acids is 1. The van der Waals surface area contributed by atoms with Crippen molar-refractivity contribution in [2.24, 2.45) is 0 Å². The lowest BCUT2D eigenvalue weighted by molar-refractivity contribution is -0.143. The molecule has 0 unspecified atom stereocenters. The lowest BCUT2D eigenvalue weighted by Crippen LogP contribution is -2.40. The van der Waals surface area contributed by atoms with Crippen molar-refractivity contribution in [3.05, 3.63) is 17.0 Å². The third kappa shape index (κ3) is 5.07. The molecule has 1 rings (SSSR count). The van der Waals surface area contributed by atoms with Gasteiger partial charge in [-0.3, -0.25) is 10.1 Å². The molecule has 0 aliphatic heterocycles. The number of anilines is 1. The summed E-state index contributed by atoms with van der Waals surface area (Å²) < 4.78 is 4.81. The van der Waals surface area contributed by atoms with E-state index in [1.807, 2.05) is 6.92 Å². The van der Waals surface area contributed by atoms with Crippen LogP contribution in [-0.4, -0.2) is 47.7 Å². The van der Waals surface area contributed by atoms with Crippen molar-refractivity contribution < 1.29 is 24.2 Å². The Morgan fingerprint density at radius 3 is 2.67 bits per heavy atom. The molecule has 0 saturated heterocycles. The highest BCUT2D eigenvalue weighted by Gasteiger charge is 2.20. The van der Waals surface area contributed by atoms with Crippen LogP contribution in [0.4, 0.5) is 9.80 Å². The fourth-order valence-corrected chi connectivity index (χ4v) is 2.40. The molecule has 2 amide bonds. The normalized spacial score (nSPS) is 10.0. The van der Waals surface area contributed by atoms with Gasteiger partial charge in [0, 0.05) is 6.54 Å². The Morgan fingerprint density at radius 1 is 1.38 bits per heavy atom. The highest BCUT2D eigenvalue weighted by molar-refractivity contribution is 7.14. The number of carboxylic acid groups (broad SMARTS) is 1. The third-order valence-corrected chi connectivity index (χ3v) is 3.35. The van der Waals surface area contributed by atoms with Gasteiger partial charge in [-0.1, -0.05) is 6.92 Å². The number of nitrogens with zero attached hydrogens (tertiary/aromatic N) is 1. The quantitative estimate of drug-likeness (QED) is 0.753. The second kappa shape index (κ2) is 8.25. The molecule has 0 fully saturated rings. The van der Waals surface area contributed by atoms with E-state index >= 15 is 0 Å². The van der Waals surface area contributed by atoms with Crippen LogP contribution >= 0.6 is 11.3 Å². The summed E-state index contributed by atoms with van der Waals surface area (Å²) in [6, 6.07) is 0.896. The summed E-state index contributed by atoms with van der Waals surface area (Å²) >= 11 is 1.12. The van der Waals surface area contributed by atoms with Crippen LogP contribution in [0.5, 0.6) is 0 Å². The maximum absolute atomic E-state index is 12.1. The largest absolute Gasteiger partial charge is 0.478 e. The van der Waals surface area contributed by atoms with E-state index in [4.69, 9.17) is 9.84 Å². The van der Waals surface area contributed by atoms with Crippen LogP contribution in [0.3, 0.4) is 0 Å². The molecule has 0 aliphatic carbocycles. The summed E-state index contributed by atoms with van der Waals surface area (Å²) in [6.45, 7) is 4.01. The number of aromatic carboxylic acids is 1. The molecule has 8 heteroatoms. The molecule has 7 nitrogen and oxygen atoms in total. The zero-order valence-corrected chi connectivity index (χ0v) is 12.7. The number of esters is 1. The molecule has 1 heterocycles. The van der Waals surface area contributed by atoms with Gasteiger partial charge < -0.3 is 14.7 Å². The van der Waals surface area contributed by atoms with Gasteiger partial charge in [0.25, 0.3) is 0 Å². The molecular weight excluding hydrogens is 296 g/mol. The summed E-state index contributed by atoms with van der Waals surface area (Å²) in [6.07, 6.45) is 0.670. The minimum atomic E-state index is -1.11. The van der Waals surface area contributed by atoms with E-state index in [1.54, 1.807) is 12.3 Å². The maximum atomic E-state index is 12.1. The van der Waals surface area contributed by atoms with Crippen molar-refractivity contribution in [1.82, 2.24) is 4.90 Å². The number of ether oxygens (including phenoxy) is 1. The van der Waals surface area contributed by atoms with Gasteiger partial charge in [0.05, 0.1) is 12.2 Å². The van der Waals surface area contributed by atoms with Crippen LogP contribution in [-0.2, 0) is 9.53 Å². The van der Waals surface area contributed by atoms with Crippen molar-refractivity contribution in [1.29, 1.82) is 0 Å². The SMILES string of the molecule is CCCN(CC(=O)OCC)C(=O)Nc1sccc1C(=O)O. The standard InChI is InChI=1S/C13H18N2O5S/c1-3-6-15(8-10(16)20-4-2)13(19)14-11-9(12(17)18)5-7-21-11/h5,7H,3-4,6,8H2,1-2H3,(H,14,19)(H,17,18). The number of thiophene rings is 1. The maximum Gasteiger partial charge on any atom is 0.338 e. The molecule has 2 N–H and O–H groups in total. The smallest absolute Gasteiger partial charge is 0.338 e. The number of amides is 2. The Labute approximate surface area is 126 Å². The first-order valence-electron chi connectivity index (χ1n) is 6.51. The first-order valence-corrected chi connectivity index (χ1v) is 7.39. The van der Waals surface area contributed by atoms with Crippen LogP contribution in [0.15, 0.2) is 11.4 Å². The second-order valence-corrected chi connectivity index (χ2v) is 5.04. The van der Waals surface area contributed by atoms with E-state index in [9.17, 15) is 14.4 Å². The topological polar surface area (TPSA) is 95.9 Å². The van der Waals surface area contributed by atoms with Crippen molar-refractivity contribution >= 4 is 34.3 Å². The first kappa shape index (κ1) is 17.0. The van der Waals surface area contributed by atoms with E-state index in [-0.39, 0.29) is 23.7 Å². The summed E-state index contributed by atoms with van der Waals surface area (Å²) in [7, 11) is 0. The van der Waals surface area contributed by atoms with Crippen LogP contribution in [0.2, 0.25) is 0 Å². The number of hydrogen-bond acceptors (Lipinski definition) is 5. The average molecular weight is 314 g/mol. The molecule has 116 valence electrons. The Bertz CT molecular complexity index is 514. The molecule has 0 atom stereocenters. The minimum Gasteiger partial charge on any atom is -0.478 e. The molecular formula is C13H18N2O5S. The molecule has 0 bridgehead atoms. The van der Waals surface area contributed by atoms with Gasteiger partial charge >= 0.3 is 18.0 Å². The molecule has 1 aromatic rings. The fraction of sp³-hybridized carbons (Fsp3) is 0.462. The molecule has 0 radical (unpaired) electrons. The summed E-state index contributed by atoms with van der Waals surface area (Å²) in [5.74, 6) is -1.61. The Kier molecular flexibility index (Phi) is 6.67. The highest BCUT2D eigenvalue weighted by atomic mass is 32.1. The van der Waals surface area contributed by atoms with Gasteiger partial charge in [0.2, 0.25) is 0 Å². The van der Waals surface area contributed by atoms with Crippen LogP contribution in [0.25, 0.3) is 0 Å². The van der Waals surface area contributed by atoms with E-state index in [0.29, 0.717) is 13.0 Å². The zero-order chi connectivity index (χ0) is 15.8. The lowest BCUT2D eigenvalue weighted by atomic mass is 10.3. The Balaban J connectivity index is 2.74. The molecule has 1 aromatic heterocycles. The monoisotopic (exact) mass is 314 g/mol. The highest BCUT2D eigenvalue weighted by Crippen LogP contribution is 2.23. The van der Waals surface area contributed by atoms with E-state index in [1.165, 1.54) is 11.0 Å². The number of hydrogen-bond donors (Lipinski definition) is 2.